The van der Waals surface area contributed by atoms with Gasteiger partial charge in [0.05, 0.1) is 5.88 Å². The SMILES string of the molecule is CSc1nc(NC2OC(COC(C)=O)C(OC(C)=O)C(OC(C)=O)C2OC(C)=O)c(C(=O)CCl)c(=O)n1C. The normalized spacial score (nSPS) is 22.7. The van der Waals surface area contributed by atoms with Gasteiger partial charge in [0, 0.05) is 34.7 Å². The molecule has 38 heavy (non-hydrogen) atoms. The lowest BCUT2D eigenvalue weighted by Gasteiger charge is -2.44. The molecule has 210 valence electrons. The van der Waals surface area contributed by atoms with Crippen LogP contribution in [-0.2, 0) is 49.9 Å². The monoisotopic (exact) mass is 577 g/mol. The van der Waals surface area contributed by atoms with Crippen molar-refractivity contribution in [3.63, 3.8) is 0 Å². The Morgan fingerprint density at radius 3 is 2.03 bits per heavy atom. The van der Waals surface area contributed by atoms with E-state index in [2.05, 4.69) is 10.3 Å². The van der Waals surface area contributed by atoms with Gasteiger partial charge in [-0.3, -0.25) is 33.3 Å². The van der Waals surface area contributed by atoms with E-state index in [4.69, 9.17) is 35.3 Å². The number of carbonyl (C=O) groups is 5. The smallest absolute Gasteiger partial charge is 0.303 e. The second-order valence-electron chi connectivity index (χ2n) is 8.01. The molecule has 0 saturated carbocycles. The number of Topliss-reactive ketones (excluding diaryl/α,β-unsaturated/α-hetero) is 1. The molecule has 0 aliphatic carbocycles. The molecule has 1 aliphatic heterocycles. The van der Waals surface area contributed by atoms with Crippen molar-refractivity contribution in [1.29, 1.82) is 0 Å². The second-order valence-corrected chi connectivity index (χ2v) is 9.05. The third-order valence-corrected chi connectivity index (χ3v) is 6.08. The maximum atomic E-state index is 13.0. The molecule has 0 radical (unpaired) electrons. The van der Waals surface area contributed by atoms with Crippen molar-refractivity contribution in [3.8, 4) is 0 Å². The van der Waals surface area contributed by atoms with Crippen molar-refractivity contribution >= 4 is 58.8 Å². The molecule has 2 heterocycles. The Morgan fingerprint density at radius 1 is 0.974 bits per heavy atom. The molecule has 1 aromatic heterocycles. The van der Waals surface area contributed by atoms with E-state index in [1.807, 2.05) is 0 Å². The maximum Gasteiger partial charge on any atom is 0.303 e. The van der Waals surface area contributed by atoms with Crippen molar-refractivity contribution in [2.75, 3.05) is 24.1 Å². The highest BCUT2D eigenvalue weighted by atomic mass is 35.5. The summed E-state index contributed by atoms with van der Waals surface area (Å²) in [5, 5.41) is 2.99. The highest BCUT2D eigenvalue weighted by molar-refractivity contribution is 7.98. The third-order valence-electron chi connectivity index (χ3n) is 5.10. The van der Waals surface area contributed by atoms with Gasteiger partial charge in [0.2, 0.25) is 0 Å². The number of nitrogens with one attached hydrogen (secondary N) is 1. The molecule has 0 amide bonds. The van der Waals surface area contributed by atoms with Crippen LogP contribution in [0.4, 0.5) is 5.82 Å². The van der Waals surface area contributed by atoms with E-state index in [1.54, 1.807) is 6.26 Å². The number of thioether (sulfide) groups is 1. The lowest BCUT2D eigenvalue weighted by atomic mass is 9.97. The molecule has 1 fully saturated rings. The highest BCUT2D eigenvalue weighted by Crippen LogP contribution is 2.30. The number of esters is 4. The number of nitrogens with zero attached hydrogens (tertiary/aromatic N) is 2. The van der Waals surface area contributed by atoms with Crippen molar-refractivity contribution in [3.05, 3.63) is 15.9 Å². The first-order valence-electron chi connectivity index (χ1n) is 11.1. The number of anilines is 1. The van der Waals surface area contributed by atoms with Crippen molar-refractivity contribution in [1.82, 2.24) is 9.55 Å². The summed E-state index contributed by atoms with van der Waals surface area (Å²) < 4.78 is 28.2. The van der Waals surface area contributed by atoms with Gasteiger partial charge in [0.15, 0.2) is 35.5 Å². The van der Waals surface area contributed by atoms with Crippen LogP contribution in [0.5, 0.6) is 0 Å². The number of ketones is 1. The number of halogens is 1. The fraction of sp³-hybridized carbons (Fsp3) is 0.591. The predicted octanol–water partition coefficient (Wildman–Crippen LogP) is 0.419. The second kappa shape index (κ2) is 13.6. The number of carbonyl (C=O) groups excluding carboxylic acids is 5. The van der Waals surface area contributed by atoms with Crippen molar-refractivity contribution < 1.29 is 47.7 Å². The van der Waals surface area contributed by atoms with Gasteiger partial charge in [-0.2, -0.15) is 0 Å². The number of hydrogen-bond donors (Lipinski definition) is 1. The average molecular weight is 578 g/mol. The van der Waals surface area contributed by atoms with Crippen LogP contribution in [0.3, 0.4) is 0 Å². The van der Waals surface area contributed by atoms with Gasteiger partial charge < -0.3 is 29.0 Å². The molecule has 1 aliphatic rings. The van der Waals surface area contributed by atoms with Crippen LogP contribution in [0.25, 0.3) is 0 Å². The standard InChI is InChI=1S/C22H28ClN3O11S/c1-9(27)33-8-14-16(34-10(2)28)17(35-11(3)29)18(36-12(4)30)20(37-14)24-19-15(13(31)7-23)21(32)26(5)22(25-19)38-6/h14,16-18,20,24H,7-8H2,1-6H3. The molecular formula is C22H28ClN3O11S. The molecule has 16 heteroatoms. The summed E-state index contributed by atoms with van der Waals surface area (Å²) in [7, 11) is 1.42. The van der Waals surface area contributed by atoms with Crippen LogP contribution in [0.15, 0.2) is 9.95 Å². The largest absolute Gasteiger partial charge is 0.463 e. The van der Waals surface area contributed by atoms with Gasteiger partial charge in [-0.05, 0) is 6.26 Å². The van der Waals surface area contributed by atoms with Crippen LogP contribution in [0.1, 0.15) is 38.1 Å². The molecule has 2 rings (SSSR count). The molecule has 1 saturated heterocycles. The summed E-state index contributed by atoms with van der Waals surface area (Å²) in [6.07, 6.45) is -5.33. The zero-order valence-corrected chi connectivity index (χ0v) is 23.0. The van der Waals surface area contributed by atoms with Crippen LogP contribution in [0, 0.1) is 0 Å². The Kier molecular flexibility index (Phi) is 11.1. The Bertz CT molecular complexity index is 1160. The summed E-state index contributed by atoms with van der Waals surface area (Å²) in [5.74, 6) is -4.64. The Morgan fingerprint density at radius 2 is 1.53 bits per heavy atom. The van der Waals surface area contributed by atoms with Crippen LogP contribution >= 0.6 is 23.4 Å². The molecular weight excluding hydrogens is 550 g/mol. The van der Waals surface area contributed by atoms with Crippen LogP contribution in [0.2, 0.25) is 0 Å². The van der Waals surface area contributed by atoms with Crippen molar-refractivity contribution in [2.24, 2.45) is 7.05 Å². The zero-order valence-electron chi connectivity index (χ0n) is 21.5. The zero-order chi connectivity index (χ0) is 28.7. The fourth-order valence-corrected chi connectivity index (χ4v) is 4.34. The Labute approximate surface area is 226 Å². The van der Waals surface area contributed by atoms with E-state index in [0.29, 0.717) is 0 Å². The number of ether oxygens (including phenoxy) is 5. The van der Waals surface area contributed by atoms with E-state index < -0.39 is 83.9 Å². The maximum absolute atomic E-state index is 13.0. The van der Waals surface area contributed by atoms with Gasteiger partial charge in [0.25, 0.3) is 5.56 Å². The summed E-state index contributed by atoms with van der Waals surface area (Å²) in [6.45, 7) is 3.94. The first-order valence-corrected chi connectivity index (χ1v) is 12.9. The summed E-state index contributed by atoms with van der Waals surface area (Å²) in [4.78, 5) is 77.3. The summed E-state index contributed by atoms with van der Waals surface area (Å²) in [6, 6.07) is 0. The quantitative estimate of drug-likeness (QED) is 0.101. The number of rotatable bonds is 10. The predicted molar refractivity (Wildman–Crippen MR) is 132 cm³/mol. The van der Waals surface area contributed by atoms with E-state index in [-0.39, 0.29) is 11.0 Å². The molecule has 0 aromatic carbocycles. The minimum atomic E-state index is -1.48. The molecule has 5 atom stereocenters. The molecule has 5 unspecified atom stereocenters. The third kappa shape index (κ3) is 7.68. The Hall–Kier alpha value is -3.17. The number of alkyl halides is 1. The van der Waals surface area contributed by atoms with Gasteiger partial charge >= 0.3 is 23.9 Å². The highest BCUT2D eigenvalue weighted by Gasteiger charge is 2.52. The van der Waals surface area contributed by atoms with Gasteiger partial charge in [-0.1, -0.05) is 11.8 Å². The molecule has 14 nitrogen and oxygen atoms in total. The van der Waals surface area contributed by atoms with Gasteiger partial charge in [-0.25, -0.2) is 4.98 Å². The first kappa shape index (κ1) is 31.1. The average Bonchev–Trinajstić information content (AvgIpc) is 2.82. The molecule has 0 spiro atoms. The van der Waals surface area contributed by atoms with Crippen molar-refractivity contribution in [2.45, 2.75) is 63.5 Å². The lowest BCUT2D eigenvalue weighted by Crippen LogP contribution is -2.64. The summed E-state index contributed by atoms with van der Waals surface area (Å²) in [5.41, 5.74) is -1.10. The van der Waals surface area contributed by atoms with Crippen LogP contribution in [-0.4, -0.2) is 88.6 Å². The van der Waals surface area contributed by atoms with Gasteiger partial charge in [0.1, 0.15) is 24.1 Å². The molecule has 1 N–H and O–H groups in total. The molecule has 0 bridgehead atoms. The topological polar surface area (TPSA) is 178 Å². The minimum absolute atomic E-state index is 0.217. The van der Waals surface area contributed by atoms with Crippen LogP contribution < -0.4 is 10.9 Å². The first-order chi connectivity index (χ1) is 17.8. The number of aromatic nitrogens is 2. The number of hydrogen-bond acceptors (Lipinski definition) is 14. The van der Waals surface area contributed by atoms with E-state index in [9.17, 15) is 28.8 Å². The van der Waals surface area contributed by atoms with E-state index in [0.717, 1.165) is 44.0 Å². The summed E-state index contributed by atoms with van der Waals surface area (Å²) >= 11 is 6.84. The van der Waals surface area contributed by atoms with E-state index >= 15 is 0 Å². The minimum Gasteiger partial charge on any atom is -0.463 e. The Balaban J connectivity index is 2.69. The van der Waals surface area contributed by atoms with E-state index in [1.165, 1.54) is 7.05 Å². The lowest BCUT2D eigenvalue weighted by molar-refractivity contribution is -0.247. The molecule has 1 aromatic rings. The fourth-order valence-electron chi connectivity index (χ4n) is 3.67. The van der Waals surface area contributed by atoms with Gasteiger partial charge in [-0.15, -0.1) is 11.6 Å².